The second-order valence-electron chi connectivity index (χ2n) is 4.84. The van der Waals surface area contributed by atoms with Crippen molar-refractivity contribution in [3.8, 4) is 5.75 Å². The summed E-state index contributed by atoms with van der Waals surface area (Å²) in [4.78, 5) is 0. The summed E-state index contributed by atoms with van der Waals surface area (Å²) in [7, 11) is 3.49. The maximum absolute atomic E-state index is 6.33. The highest BCUT2D eigenvalue weighted by molar-refractivity contribution is 6.34. The summed E-state index contributed by atoms with van der Waals surface area (Å²) in [6.07, 6.45) is 2.52. The summed E-state index contributed by atoms with van der Waals surface area (Å²) in [6.45, 7) is 2.09. The fourth-order valence-corrected chi connectivity index (χ4v) is 3.08. The minimum absolute atomic E-state index is 0.0425. The number of methoxy groups -OCH3 is 1. The Morgan fingerprint density at radius 3 is 2.58 bits per heavy atom. The van der Waals surface area contributed by atoms with Gasteiger partial charge in [0, 0.05) is 11.1 Å². The maximum atomic E-state index is 6.33. The molecule has 1 fully saturated rings. The van der Waals surface area contributed by atoms with Crippen molar-refractivity contribution in [1.82, 2.24) is 5.32 Å². The summed E-state index contributed by atoms with van der Waals surface area (Å²) >= 11 is 12.5. The Hall–Kier alpha value is -0.480. The highest BCUT2D eigenvalue weighted by Gasteiger charge is 2.31. The third-order valence-electron chi connectivity index (χ3n) is 3.55. The molecule has 1 aromatic rings. The van der Waals surface area contributed by atoms with Crippen LogP contribution in [0.1, 0.15) is 31.4 Å². The van der Waals surface area contributed by atoms with Crippen LogP contribution < -0.4 is 10.1 Å². The van der Waals surface area contributed by atoms with Gasteiger partial charge in [-0.25, -0.2) is 0 Å². The molecular weight excluding hydrogens is 285 g/mol. The van der Waals surface area contributed by atoms with Crippen LogP contribution in [0.15, 0.2) is 12.1 Å². The highest BCUT2D eigenvalue weighted by atomic mass is 35.5. The van der Waals surface area contributed by atoms with Crippen molar-refractivity contribution in [2.24, 2.45) is 0 Å². The lowest BCUT2D eigenvalue weighted by molar-refractivity contribution is 0.0333. The number of benzene rings is 1. The van der Waals surface area contributed by atoms with E-state index < -0.39 is 0 Å². The number of halogens is 2. The molecule has 0 spiro atoms. The Morgan fingerprint density at radius 2 is 2.05 bits per heavy atom. The fraction of sp³-hybridized carbons (Fsp3) is 0.571. The highest BCUT2D eigenvalue weighted by Crippen LogP contribution is 2.38. The predicted molar refractivity (Wildman–Crippen MR) is 78.4 cm³/mol. The number of likely N-dealkylation sites (N-methyl/N-ethyl adjacent to an activating group) is 1. The molecule has 1 N–H and O–H groups in total. The molecule has 3 nitrogen and oxygen atoms in total. The van der Waals surface area contributed by atoms with E-state index in [0.29, 0.717) is 21.9 Å². The SMILES string of the molecule is CNC(c1cc(Cl)c(OC)cc1Cl)C1CCC(C)O1. The molecular formula is C14H19Cl2NO2. The second kappa shape index (κ2) is 6.31. The Morgan fingerprint density at radius 1 is 1.32 bits per heavy atom. The van der Waals surface area contributed by atoms with E-state index in [1.54, 1.807) is 13.2 Å². The van der Waals surface area contributed by atoms with Crippen molar-refractivity contribution < 1.29 is 9.47 Å². The first-order valence-corrected chi connectivity index (χ1v) is 7.18. The summed E-state index contributed by atoms with van der Waals surface area (Å²) in [5.41, 5.74) is 0.953. The van der Waals surface area contributed by atoms with Gasteiger partial charge >= 0.3 is 0 Å². The standard InChI is InChI=1S/C14H19Cl2NO2/c1-8-4-5-12(19-8)14(17-2)9-6-11(16)13(18-3)7-10(9)15/h6-8,12,14,17H,4-5H2,1-3H3. The van der Waals surface area contributed by atoms with Crippen molar-refractivity contribution in [1.29, 1.82) is 0 Å². The van der Waals surface area contributed by atoms with Gasteiger partial charge in [-0.15, -0.1) is 0 Å². The zero-order valence-electron chi connectivity index (χ0n) is 11.4. The van der Waals surface area contributed by atoms with E-state index in [1.807, 2.05) is 13.1 Å². The monoisotopic (exact) mass is 303 g/mol. The second-order valence-corrected chi connectivity index (χ2v) is 5.65. The van der Waals surface area contributed by atoms with Gasteiger partial charge in [-0.05, 0) is 38.4 Å². The third-order valence-corrected chi connectivity index (χ3v) is 4.18. The molecule has 1 aliphatic heterocycles. The van der Waals surface area contributed by atoms with E-state index >= 15 is 0 Å². The van der Waals surface area contributed by atoms with E-state index in [1.165, 1.54) is 0 Å². The van der Waals surface area contributed by atoms with Crippen LogP contribution in [0.2, 0.25) is 10.0 Å². The van der Waals surface area contributed by atoms with Crippen LogP contribution in [0.5, 0.6) is 5.75 Å². The predicted octanol–water partition coefficient (Wildman–Crippen LogP) is 3.83. The van der Waals surface area contributed by atoms with Crippen LogP contribution in [0.25, 0.3) is 0 Å². The molecule has 0 bridgehead atoms. The van der Waals surface area contributed by atoms with E-state index in [-0.39, 0.29) is 12.1 Å². The summed E-state index contributed by atoms with van der Waals surface area (Å²) in [5.74, 6) is 0.589. The first-order chi connectivity index (χ1) is 9.06. The summed E-state index contributed by atoms with van der Waals surface area (Å²) in [5, 5.41) is 4.48. The van der Waals surface area contributed by atoms with Crippen LogP contribution in [-0.2, 0) is 4.74 Å². The molecule has 3 atom stereocenters. The van der Waals surface area contributed by atoms with Crippen molar-refractivity contribution in [2.45, 2.75) is 38.0 Å². The van der Waals surface area contributed by atoms with E-state index in [9.17, 15) is 0 Å². The van der Waals surface area contributed by atoms with E-state index in [0.717, 1.165) is 18.4 Å². The normalized spacial score (nSPS) is 24.5. The van der Waals surface area contributed by atoms with Gasteiger partial charge in [0.15, 0.2) is 0 Å². The molecule has 1 heterocycles. The Bertz CT molecular complexity index is 453. The van der Waals surface area contributed by atoms with Crippen molar-refractivity contribution >= 4 is 23.2 Å². The number of nitrogens with one attached hydrogen (secondary N) is 1. The summed E-state index contributed by atoms with van der Waals surface area (Å²) < 4.78 is 11.1. The van der Waals surface area contributed by atoms with Crippen LogP contribution in [-0.4, -0.2) is 26.4 Å². The average Bonchev–Trinajstić information content (AvgIpc) is 2.80. The van der Waals surface area contributed by atoms with Crippen LogP contribution >= 0.6 is 23.2 Å². The smallest absolute Gasteiger partial charge is 0.138 e. The minimum atomic E-state index is 0.0425. The molecule has 1 saturated heterocycles. The van der Waals surface area contributed by atoms with Crippen molar-refractivity contribution in [3.63, 3.8) is 0 Å². The number of rotatable bonds is 4. The Balaban J connectivity index is 2.30. The van der Waals surface area contributed by atoms with Crippen LogP contribution in [0.3, 0.4) is 0 Å². The first kappa shape index (κ1) is 14.9. The van der Waals surface area contributed by atoms with Gasteiger partial charge in [-0.2, -0.15) is 0 Å². The molecule has 5 heteroatoms. The topological polar surface area (TPSA) is 30.5 Å². The fourth-order valence-electron chi connectivity index (χ4n) is 2.56. The maximum Gasteiger partial charge on any atom is 0.138 e. The van der Waals surface area contributed by atoms with E-state index in [2.05, 4.69) is 12.2 Å². The minimum Gasteiger partial charge on any atom is -0.495 e. The molecule has 0 amide bonds. The first-order valence-electron chi connectivity index (χ1n) is 6.42. The molecule has 0 aromatic heterocycles. The number of ether oxygens (including phenoxy) is 2. The molecule has 1 aliphatic rings. The Kier molecular flexibility index (Phi) is 4.96. The van der Waals surface area contributed by atoms with Gasteiger partial charge in [0.05, 0.1) is 30.4 Å². The lowest BCUT2D eigenvalue weighted by Crippen LogP contribution is -2.29. The lowest BCUT2D eigenvalue weighted by atomic mass is 9.99. The molecule has 0 saturated carbocycles. The van der Waals surface area contributed by atoms with Gasteiger partial charge < -0.3 is 14.8 Å². The Labute approximate surface area is 124 Å². The zero-order chi connectivity index (χ0) is 14.0. The van der Waals surface area contributed by atoms with Gasteiger partial charge in [0.25, 0.3) is 0 Å². The van der Waals surface area contributed by atoms with E-state index in [4.69, 9.17) is 32.7 Å². The average molecular weight is 304 g/mol. The quantitative estimate of drug-likeness (QED) is 0.917. The van der Waals surface area contributed by atoms with Crippen molar-refractivity contribution in [3.05, 3.63) is 27.7 Å². The molecule has 0 radical (unpaired) electrons. The largest absolute Gasteiger partial charge is 0.495 e. The molecule has 1 aromatic carbocycles. The van der Waals surface area contributed by atoms with Gasteiger partial charge in [-0.1, -0.05) is 23.2 Å². The lowest BCUT2D eigenvalue weighted by Gasteiger charge is -2.25. The third kappa shape index (κ3) is 3.16. The zero-order valence-corrected chi connectivity index (χ0v) is 12.9. The van der Waals surface area contributed by atoms with Gasteiger partial charge in [0.2, 0.25) is 0 Å². The van der Waals surface area contributed by atoms with Crippen molar-refractivity contribution in [2.75, 3.05) is 14.2 Å². The molecule has 0 aliphatic carbocycles. The number of hydrogen-bond acceptors (Lipinski definition) is 3. The molecule has 2 rings (SSSR count). The van der Waals surface area contributed by atoms with Gasteiger partial charge in [-0.3, -0.25) is 0 Å². The molecule has 106 valence electrons. The molecule has 19 heavy (non-hydrogen) atoms. The van der Waals surface area contributed by atoms with Crippen LogP contribution in [0, 0.1) is 0 Å². The molecule has 3 unspecified atom stereocenters. The van der Waals surface area contributed by atoms with Gasteiger partial charge in [0.1, 0.15) is 5.75 Å². The summed E-state index contributed by atoms with van der Waals surface area (Å²) in [6, 6.07) is 3.65. The van der Waals surface area contributed by atoms with Crippen LogP contribution in [0.4, 0.5) is 0 Å². The number of hydrogen-bond donors (Lipinski definition) is 1.